The second kappa shape index (κ2) is 5.56. The summed E-state index contributed by atoms with van der Waals surface area (Å²) in [6, 6.07) is 4.78. The third-order valence-corrected chi connectivity index (χ3v) is 4.19. The van der Waals surface area contributed by atoms with Crippen molar-refractivity contribution in [1.82, 2.24) is 4.90 Å². The zero-order valence-corrected chi connectivity index (χ0v) is 12.0. The molecule has 1 aliphatic heterocycles. The van der Waals surface area contributed by atoms with Gasteiger partial charge in [0.05, 0.1) is 0 Å². The lowest BCUT2D eigenvalue weighted by Crippen LogP contribution is -2.55. The Morgan fingerprint density at radius 2 is 2.32 bits per heavy atom. The van der Waals surface area contributed by atoms with Crippen LogP contribution in [0, 0.1) is 5.82 Å². The third-order valence-electron chi connectivity index (χ3n) is 3.45. The smallest absolute Gasteiger partial charge is 0.250 e. The van der Waals surface area contributed by atoms with E-state index in [-0.39, 0.29) is 12.4 Å². The van der Waals surface area contributed by atoms with Gasteiger partial charge in [-0.05, 0) is 31.5 Å². The van der Waals surface area contributed by atoms with E-state index in [1.165, 1.54) is 6.07 Å². The first-order valence-electron chi connectivity index (χ1n) is 6.10. The summed E-state index contributed by atoms with van der Waals surface area (Å²) in [5.41, 5.74) is 4.24. The van der Waals surface area contributed by atoms with E-state index in [2.05, 4.69) is 15.9 Å². The molecule has 4 nitrogen and oxygen atoms in total. The molecule has 0 unspecified atom stereocenters. The molecular weight excluding hydrogens is 315 g/mol. The van der Waals surface area contributed by atoms with Crippen molar-refractivity contribution < 1.29 is 14.3 Å². The van der Waals surface area contributed by atoms with E-state index < -0.39 is 11.5 Å². The van der Waals surface area contributed by atoms with Gasteiger partial charge < -0.3 is 10.8 Å². The first-order valence-corrected chi connectivity index (χ1v) is 6.89. The number of β-amino-alcohol motifs (C(OH)–C–C–N with tert-alkyl or cyclic N) is 1. The molecule has 1 atom stereocenters. The van der Waals surface area contributed by atoms with Crippen molar-refractivity contribution >= 4 is 21.8 Å². The Bertz CT molecular complexity index is 477. The molecule has 0 spiro atoms. The van der Waals surface area contributed by atoms with E-state index in [1.54, 1.807) is 12.1 Å². The number of primary amides is 1. The lowest BCUT2D eigenvalue weighted by molar-refractivity contribution is -0.142. The molecule has 0 bridgehead atoms. The fourth-order valence-electron chi connectivity index (χ4n) is 2.37. The van der Waals surface area contributed by atoms with Gasteiger partial charge in [-0.2, -0.15) is 0 Å². The van der Waals surface area contributed by atoms with Gasteiger partial charge in [0, 0.05) is 23.1 Å². The molecule has 1 heterocycles. The second-order valence-corrected chi connectivity index (χ2v) is 5.76. The minimum Gasteiger partial charge on any atom is -0.379 e. The molecule has 2 rings (SSSR count). The van der Waals surface area contributed by atoms with Gasteiger partial charge in [0.25, 0.3) is 5.91 Å². The molecule has 19 heavy (non-hydrogen) atoms. The van der Waals surface area contributed by atoms with Crippen molar-refractivity contribution in [1.29, 1.82) is 0 Å². The van der Waals surface area contributed by atoms with E-state index >= 15 is 0 Å². The third kappa shape index (κ3) is 3.13. The highest BCUT2D eigenvalue weighted by Gasteiger charge is 2.38. The molecular formula is C13H16BrFN2O2. The highest BCUT2D eigenvalue weighted by atomic mass is 79.9. The maximum absolute atomic E-state index is 13.7. The standard InChI is InChI=1S/C13H16BrFN2O2/c14-10-3-1-4-11(15)9(10)7-17-6-2-5-13(19,8-17)12(16)18/h1,3-4,19H,2,5-8H2,(H2,16,18)/t13-/m0/s1. The number of nitrogens with two attached hydrogens (primary N) is 1. The summed E-state index contributed by atoms with van der Waals surface area (Å²) >= 11 is 3.31. The SMILES string of the molecule is NC(=O)[C@]1(O)CCCN(Cc2c(F)cccc2Br)C1. The number of carbonyl (C=O) groups excluding carboxylic acids is 1. The van der Waals surface area contributed by atoms with Crippen LogP contribution in [-0.2, 0) is 11.3 Å². The number of nitrogens with zero attached hydrogens (tertiary/aromatic N) is 1. The number of aliphatic hydroxyl groups is 1. The van der Waals surface area contributed by atoms with Gasteiger partial charge in [0.1, 0.15) is 5.82 Å². The van der Waals surface area contributed by atoms with Crippen LogP contribution in [0.4, 0.5) is 4.39 Å². The topological polar surface area (TPSA) is 66.6 Å². The largest absolute Gasteiger partial charge is 0.379 e. The van der Waals surface area contributed by atoms with Crippen LogP contribution in [0.15, 0.2) is 22.7 Å². The molecule has 104 valence electrons. The number of likely N-dealkylation sites (tertiary alicyclic amines) is 1. The Balaban J connectivity index is 2.13. The van der Waals surface area contributed by atoms with Crippen LogP contribution in [0.2, 0.25) is 0 Å². The fraction of sp³-hybridized carbons (Fsp3) is 0.462. The number of hydrogen-bond donors (Lipinski definition) is 2. The van der Waals surface area contributed by atoms with Gasteiger partial charge in [-0.25, -0.2) is 4.39 Å². The van der Waals surface area contributed by atoms with E-state index in [4.69, 9.17) is 5.73 Å². The van der Waals surface area contributed by atoms with Gasteiger partial charge in [-0.15, -0.1) is 0 Å². The number of rotatable bonds is 3. The Kier molecular flexibility index (Phi) is 4.23. The summed E-state index contributed by atoms with van der Waals surface area (Å²) in [6.07, 6.45) is 1.02. The molecule has 0 aromatic heterocycles. The fourth-order valence-corrected chi connectivity index (χ4v) is 2.83. The first-order chi connectivity index (χ1) is 8.92. The molecule has 6 heteroatoms. The van der Waals surface area contributed by atoms with Crippen molar-refractivity contribution in [3.63, 3.8) is 0 Å². The Labute approximate surface area is 119 Å². The quantitative estimate of drug-likeness (QED) is 0.880. The van der Waals surface area contributed by atoms with Gasteiger partial charge in [0.2, 0.25) is 0 Å². The minimum atomic E-state index is -1.50. The van der Waals surface area contributed by atoms with Crippen molar-refractivity contribution in [3.05, 3.63) is 34.1 Å². The summed E-state index contributed by atoms with van der Waals surface area (Å²) in [5.74, 6) is -1.02. The Hall–Kier alpha value is -0.980. The summed E-state index contributed by atoms with van der Waals surface area (Å²) in [6.45, 7) is 1.18. The summed E-state index contributed by atoms with van der Waals surface area (Å²) in [7, 11) is 0. The minimum absolute atomic E-state index is 0.142. The average Bonchev–Trinajstić information content (AvgIpc) is 2.34. The van der Waals surface area contributed by atoms with Crippen LogP contribution < -0.4 is 5.73 Å². The van der Waals surface area contributed by atoms with Crippen LogP contribution in [0.5, 0.6) is 0 Å². The second-order valence-electron chi connectivity index (χ2n) is 4.91. The molecule has 1 aromatic rings. The van der Waals surface area contributed by atoms with Crippen LogP contribution in [0.25, 0.3) is 0 Å². The molecule has 0 saturated carbocycles. The van der Waals surface area contributed by atoms with Gasteiger partial charge in [0.15, 0.2) is 5.60 Å². The Morgan fingerprint density at radius 1 is 1.58 bits per heavy atom. The zero-order valence-electron chi connectivity index (χ0n) is 10.4. The molecule has 1 aliphatic rings. The van der Waals surface area contributed by atoms with Crippen LogP contribution in [0.3, 0.4) is 0 Å². The number of halogens is 2. The number of benzene rings is 1. The van der Waals surface area contributed by atoms with Crippen molar-refractivity contribution in [2.75, 3.05) is 13.1 Å². The monoisotopic (exact) mass is 330 g/mol. The summed E-state index contributed by atoms with van der Waals surface area (Å²) < 4.78 is 14.4. The lowest BCUT2D eigenvalue weighted by Gasteiger charge is -2.37. The number of piperidine rings is 1. The summed E-state index contributed by atoms with van der Waals surface area (Å²) in [4.78, 5) is 13.1. The molecule has 1 saturated heterocycles. The number of amides is 1. The van der Waals surface area contributed by atoms with Crippen LogP contribution >= 0.6 is 15.9 Å². The van der Waals surface area contributed by atoms with E-state index in [0.29, 0.717) is 36.0 Å². The molecule has 1 aromatic carbocycles. The average molecular weight is 331 g/mol. The normalized spacial score (nSPS) is 24.4. The van der Waals surface area contributed by atoms with Crippen LogP contribution in [-0.4, -0.2) is 34.6 Å². The maximum atomic E-state index is 13.7. The van der Waals surface area contributed by atoms with Crippen molar-refractivity contribution in [2.24, 2.45) is 5.73 Å². The van der Waals surface area contributed by atoms with E-state index in [1.807, 2.05) is 4.90 Å². The van der Waals surface area contributed by atoms with Gasteiger partial charge in [-0.1, -0.05) is 22.0 Å². The maximum Gasteiger partial charge on any atom is 0.250 e. The van der Waals surface area contributed by atoms with Crippen LogP contribution in [0.1, 0.15) is 18.4 Å². The van der Waals surface area contributed by atoms with Gasteiger partial charge >= 0.3 is 0 Å². The number of carbonyl (C=O) groups is 1. The number of hydrogen-bond acceptors (Lipinski definition) is 3. The first kappa shape index (κ1) is 14.4. The van der Waals surface area contributed by atoms with Gasteiger partial charge in [-0.3, -0.25) is 9.69 Å². The van der Waals surface area contributed by atoms with E-state index in [0.717, 1.165) is 0 Å². The molecule has 0 radical (unpaired) electrons. The Morgan fingerprint density at radius 3 is 2.95 bits per heavy atom. The van der Waals surface area contributed by atoms with Crippen molar-refractivity contribution in [3.8, 4) is 0 Å². The van der Waals surface area contributed by atoms with E-state index in [9.17, 15) is 14.3 Å². The highest BCUT2D eigenvalue weighted by molar-refractivity contribution is 9.10. The highest BCUT2D eigenvalue weighted by Crippen LogP contribution is 2.26. The predicted molar refractivity (Wildman–Crippen MR) is 72.8 cm³/mol. The molecule has 3 N–H and O–H groups in total. The van der Waals surface area contributed by atoms with Crippen molar-refractivity contribution in [2.45, 2.75) is 25.0 Å². The lowest BCUT2D eigenvalue weighted by atomic mass is 9.92. The molecule has 1 amide bonds. The molecule has 1 fully saturated rings. The zero-order chi connectivity index (χ0) is 14.0. The molecule has 0 aliphatic carbocycles. The predicted octanol–water partition coefficient (Wildman–Crippen LogP) is 1.40. The summed E-state index contributed by atoms with van der Waals surface area (Å²) in [5, 5.41) is 10.1.